The average Bonchev–Trinajstić information content (AvgIpc) is 2.71. The second-order valence-corrected chi connectivity index (χ2v) is 4.45. The van der Waals surface area contributed by atoms with Gasteiger partial charge in [0.2, 0.25) is 0 Å². The van der Waals surface area contributed by atoms with Crippen LogP contribution < -0.4 is 5.73 Å². The molecule has 0 fully saturated rings. The maximum atomic E-state index is 5.52. The SMILES string of the molecule is NCc1cc(-c2occc2Br)cs1. The van der Waals surface area contributed by atoms with E-state index in [-0.39, 0.29) is 0 Å². The van der Waals surface area contributed by atoms with E-state index in [0.717, 1.165) is 15.8 Å². The number of furan rings is 1. The van der Waals surface area contributed by atoms with Crippen molar-refractivity contribution >= 4 is 27.3 Å². The zero-order valence-electron chi connectivity index (χ0n) is 6.79. The molecule has 0 bridgehead atoms. The molecule has 0 amide bonds. The van der Waals surface area contributed by atoms with E-state index in [4.69, 9.17) is 10.2 Å². The van der Waals surface area contributed by atoms with E-state index < -0.39 is 0 Å². The van der Waals surface area contributed by atoms with Crippen LogP contribution >= 0.6 is 27.3 Å². The third-order valence-electron chi connectivity index (χ3n) is 1.73. The van der Waals surface area contributed by atoms with E-state index in [9.17, 15) is 0 Å². The fourth-order valence-corrected chi connectivity index (χ4v) is 2.28. The fourth-order valence-electron chi connectivity index (χ4n) is 1.11. The largest absolute Gasteiger partial charge is 0.463 e. The molecule has 0 saturated carbocycles. The van der Waals surface area contributed by atoms with Crippen LogP contribution in [0.3, 0.4) is 0 Å². The highest BCUT2D eigenvalue weighted by atomic mass is 79.9. The molecule has 0 aromatic carbocycles. The highest BCUT2D eigenvalue weighted by Gasteiger charge is 2.08. The second-order valence-electron chi connectivity index (χ2n) is 2.60. The van der Waals surface area contributed by atoms with Crippen LogP contribution in [0.1, 0.15) is 4.88 Å². The van der Waals surface area contributed by atoms with Gasteiger partial charge in [-0.15, -0.1) is 11.3 Å². The first-order valence-electron chi connectivity index (χ1n) is 3.82. The summed E-state index contributed by atoms with van der Waals surface area (Å²) in [5.41, 5.74) is 6.61. The lowest BCUT2D eigenvalue weighted by Crippen LogP contribution is -1.91. The van der Waals surface area contributed by atoms with Crippen molar-refractivity contribution in [1.29, 1.82) is 0 Å². The van der Waals surface area contributed by atoms with Crippen molar-refractivity contribution in [2.75, 3.05) is 0 Å². The lowest BCUT2D eigenvalue weighted by Gasteiger charge is -1.90. The quantitative estimate of drug-likeness (QED) is 0.898. The molecule has 4 heteroatoms. The lowest BCUT2D eigenvalue weighted by atomic mass is 10.2. The van der Waals surface area contributed by atoms with Crippen LogP contribution in [0.15, 0.2) is 32.7 Å². The Bertz CT molecular complexity index is 407. The predicted octanol–water partition coefficient (Wildman–Crippen LogP) is 3.23. The van der Waals surface area contributed by atoms with E-state index in [1.54, 1.807) is 17.6 Å². The Morgan fingerprint density at radius 3 is 2.92 bits per heavy atom. The van der Waals surface area contributed by atoms with Gasteiger partial charge in [0.05, 0.1) is 10.7 Å². The molecule has 2 rings (SSSR count). The third kappa shape index (κ3) is 1.70. The van der Waals surface area contributed by atoms with Crippen LogP contribution in [0.2, 0.25) is 0 Å². The van der Waals surface area contributed by atoms with Crippen LogP contribution in [0.4, 0.5) is 0 Å². The zero-order valence-corrected chi connectivity index (χ0v) is 9.19. The van der Waals surface area contributed by atoms with Crippen molar-refractivity contribution in [2.45, 2.75) is 6.54 Å². The Kier molecular flexibility index (Phi) is 2.53. The number of nitrogens with two attached hydrogens (primary N) is 1. The Labute approximate surface area is 88.5 Å². The Balaban J connectivity index is 2.41. The van der Waals surface area contributed by atoms with E-state index in [1.165, 1.54) is 4.88 Å². The van der Waals surface area contributed by atoms with Gasteiger partial charge in [-0.3, -0.25) is 0 Å². The van der Waals surface area contributed by atoms with Gasteiger partial charge in [0.15, 0.2) is 0 Å². The van der Waals surface area contributed by atoms with Crippen LogP contribution in [0, 0.1) is 0 Å². The van der Waals surface area contributed by atoms with E-state index in [0.29, 0.717) is 6.54 Å². The van der Waals surface area contributed by atoms with Gasteiger partial charge in [0, 0.05) is 22.4 Å². The molecular weight excluding hydrogens is 250 g/mol. The van der Waals surface area contributed by atoms with Crippen molar-refractivity contribution in [3.05, 3.63) is 33.1 Å². The highest BCUT2D eigenvalue weighted by molar-refractivity contribution is 9.10. The first-order valence-corrected chi connectivity index (χ1v) is 5.49. The standard InChI is InChI=1S/C9H8BrNOS/c10-8-1-2-12-9(8)6-3-7(4-11)13-5-6/h1-3,5H,4,11H2. The van der Waals surface area contributed by atoms with Gasteiger partial charge >= 0.3 is 0 Å². The normalized spacial score (nSPS) is 10.6. The number of hydrogen-bond donors (Lipinski definition) is 1. The molecule has 0 saturated heterocycles. The molecule has 0 aliphatic heterocycles. The minimum atomic E-state index is 0.586. The van der Waals surface area contributed by atoms with Gasteiger partial charge < -0.3 is 10.2 Å². The molecule has 2 aromatic rings. The van der Waals surface area contributed by atoms with Crippen molar-refractivity contribution in [2.24, 2.45) is 5.73 Å². The number of hydrogen-bond acceptors (Lipinski definition) is 3. The molecule has 2 nitrogen and oxygen atoms in total. The average molecular weight is 258 g/mol. The first kappa shape index (κ1) is 8.99. The van der Waals surface area contributed by atoms with Crippen molar-refractivity contribution in [3.8, 4) is 11.3 Å². The number of thiophene rings is 1. The Morgan fingerprint density at radius 2 is 2.38 bits per heavy atom. The summed E-state index contributed by atoms with van der Waals surface area (Å²) in [6, 6.07) is 3.93. The molecule has 0 unspecified atom stereocenters. The summed E-state index contributed by atoms with van der Waals surface area (Å²) < 4.78 is 6.31. The van der Waals surface area contributed by atoms with Gasteiger partial charge in [-0.25, -0.2) is 0 Å². The van der Waals surface area contributed by atoms with Gasteiger partial charge in [-0.1, -0.05) is 0 Å². The van der Waals surface area contributed by atoms with Crippen LogP contribution in [0.5, 0.6) is 0 Å². The highest BCUT2D eigenvalue weighted by Crippen LogP contribution is 2.32. The maximum absolute atomic E-state index is 5.52. The molecule has 13 heavy (non-hydrogen) atoms. The Morgan fingerprint density at radius 1 is 1.54 bits per heavy atom. The molecule has 2 heterocycles. The smallest absolute Gasteiger partial charge is 0.148 e. The molecule has 2 aromatic heterocycles. The zero-order chi connectivity index (χ0) is 9.26. The van der Waals surface area contributed by atoms with Gasteiger partial charge in [-0.05, 0) is 28.1 Å². The monoisotopic (exact) mass is 257 g/mol. The van der Waals surface area contributed by atoms with E-state index >= 15 is 0 Å². The van der Waals surface area contributed by atoms with Gasteiger partial charge in [0.1, 0.15) is 5.76 Å². The molecule has 0 aliphatic rings. The van der Waals surface area contributed by atoms with Crippen molar-refractivity contribution in [1.82, 2.24) is 0 Å². The second kappa shape index (κ2) is 3.65. The molecule has 0 atom stereocenters. The summed E-state index contributed by atoms with van der Waals surface area (Å²) in [5, 5.41) is 2.05. The van der Waals surface area contributed by atoms with Crippen molar-refractivity contribution < 1.29 is 4.42 Å². The summed E-state index contributed by atoms with van der Waals surface area (Å²) in [4.78, 5) is 1.17. The lowest BCUT2D eigenvalue weighted by molar-refractivity contribution is 0.581. The summed E-state index contributed by atoms with van der Waals surface area (Å²) >= 11 is 5.06. The molecule has 0 radical (unpaired) electrons. The van der Waals surface area contributed by atoms with Crippen LogP contribution in [-0.4, -0.2) is 0 Å². The number of rotatable bonds is 2. The van der Waals surface area contributed by atoms with Gasteiger partial charge in [-0.2, -0.15) is 0 Å². The molecule has 0 spiro atoms. The molecular formula is C9H8BrNOS. The number of halogens is 1. The first-order chi connectivity index (χ1) is 6.31. The Hall–Kier alpha value is -0.580. The predicted molar refractivity (Wildman–Crippen MR) is 57.6 cm³/mol. The summed E-state index contributed by atoms with van der Waals surface area (Å²) in [6.45, 7) is 0.586. The fraction of sp³-hybridized carbons (Fsp3) is 0.111. The molecule has 0 aliphatic carbocycles. The van der Waals surface area contributed by atoms with Gasteiger partial charge in [0.25, 0.3) is 0 Å². The summed E-state index contributed by atoms with van der Waals surface area (Å²) in [7, 11) is 0. The molecule has 2 N–H and O–H groups in total. The van der Waals surface area contributed by atoms with Crippen LogP contribution in [0.25, 0.3) is 11.3 Å². The minimum absolute atomic E-state index is 0.586. The van der Waals surface area contributed by atoms with E-state index in [1.807, 2.05) is 17.5 Å². The third-order valence-corrected chi connectivity index (χ3v) is 3.32. The van der Waals surface area contributed by atoms with Crippen LogP contribution in [-0.2, 0) is 6.54 Å². The van der Waals surface area contributed by atoms with E-state index in [2.05, 4.69) is 15.9 Å². The summed E-state index contributed by atoms with van der Waals surface area (Å²) in [6.07, 6.45) is 1.67. The van der Waals surface area contributed by atoms with Crippen molar-refractivity contribution in [3.63, 3.8) is 0 Å². The minimum Gasteiger partial charge on any atom is -0.463 e. The topological polar surface area (TPSA) is 39.2 Å². The maximum Gasteiger partial charge on any atom is 0.148 e. The molecule has 68 valence electrons. The summed E-state index contributed by atoms with van der Waals surface area (Å²) in [5.74, 6) is 0.871.